The van der Waals surface area contributed by atoms with Crippen LogP contribution < -0.4 is 10.6 Å². The third kappa shape index (κ3) is 4.07. The molecule has 1 aromatic heterocycles. The fraction of sp³-hybridized carbons (Fsp3) is 0.235. The predicted octanol–water partition coefficient (Wildman–Crippen LogP) is 3.53. The molecule has 0 aliphatic heterocycles. The predicted molar refractivity (Wildman–Crippen MR) is 93.2 cm³/mol. The zero-order valence-corrected chi connectivity index (χ0v) is 13.7. The Morgan fingerprint density at radius 1 is 1.45 bits per heavy atom. The molecule has 0 bridgehead atoms. The van der Waals surface area contributed by atoms with E-state index in [0.29, 0.717) is 10.9 Å². The van der Waals surface area contributed by atoms with E-state index in [1.54, 1.807) is 13.3 Å². The molecule has 0 fully saturated rings. The number of pyridine rings is 1. The lowest BCUT2D eigenvalue weighted by atomic mass is 9.93. The highest BCUT2D eigenvalue weighted by atomic mass is 32.1. The molecule has 22 heavy (non-hydrogen) atoms. The van der Waals surface area contributed by atoms with Gasteiger partial charge in [-0.25, -0.2) is 4.98 Å². The van der Waals surface area contributed by atoms with Gasteiger partial charge in [0.2, 0.25) is 0 Å². The number of methoxy groups -OCH3 is 1. The van der Waals surface area contributed by atoms with Crippen molar-refractivity contribution in [3.8, 4) is 0 Å². The number of nitrogens with zero attached hydrogens (tertiary/aromatic N) is 1. The molecule has 0 amide bonds. The fourth-order valence-corrected chi connectivity index (χ4v) is 2.36. The molecule has 1 atom stereocenters. The van der Waals surface area contributed by atoms with Gasteiger partial charge in [-0.05, 0) is 49.8 Å². The molecule has 0 spiro atoms. The zero-order valence-electron chi connectivity index (χ0n) is 12.9. The summed E-state index contributed by atoms with van der Waals surface area (Å²) < 4.78 is 5.20. The van der Waals surface area contributed by atoms with Crippen LogP contribution in [0.15, 0.2) is 65.4 Å². The average molecular weight is 313 g/mol. The quantitative estimate of drug-likeness (QED) is 0.658. The van der Waals surface area contributed by atoms with Gasteiger partial charge in [0.25, 0.3) is 0 Å². The summed E-state index contributed by atoms with van der Waals surface area (Å²) in [5, 5.41) is 6.80. The summed E-state index contributed by atoms with van der Waals surface area (Å²) in [7, 11) is 1.64. The van der Waals surface area contributed by atoms with E-state index in [1.165, 1.54) is 0 Å². The van der Waals surface area contributed by atoms with Gasteiger partial charge in [0.15, 0.2) is 10.9 Å². The first-order valence-electron chi connectivity index (χ1n) is 6.99. The van der Waals surface area contributed by atoms with Gasteiger partial charge >= 0.3 is 0 Å². The summed E-state index contributed by atoms with van der Waals surface area (Å²) in [6, 6.07) is 5.63. The van der Waals surface area contributed by atoms with Crippen LogP contribution in [0, 0.1) is 5.92 Å². The van der Waals surface area contributed by atoms with Crippen LogP contribution in [-0.2, 0) is 4.74 Å². The van der Waals surface area contributed by atoms with Gasteiger partial charge in [-0.1, -0.05) is 23.9 Å². The van der Waals surface area contributed by atoms with Crippen molar-refractivity contribution < 1.29 is 4.74 Å². The molecule has 0 radical (unpaired) electrons. The number of aromatic nitrogens is 1. The van der Waals surface area contributed by atoms with Crippen molar-refractivity contribution in [2.24, 2.45) is 5.92 Å². The molecule has 1 aromatic rings. The summed E-state index contributed by atoms with van der Waals surface area (Å²) in [5.74, 6) is 1.55. The molecule has 4 nitrogen and oxygen atoms in total. The molecule has 5 heteroatoms. The first kappa shape index (κ1) is 16.0. The Hall–Kier alpha value is -2.36. The molecule has 1 aliphatic rings. The van der Waals surface area contributed by atoms with Crippen LogP contribution in [0.4, 0.5) is 5.82 Å². The van der Waals surface area contributed by atoms with E-state index in [9.17, 15) is 0 Å². The van der Waals surface area contributed by atoms with Crippen molar-refractivity contribution in [1.29, 1.82) is 0 Å². The number of hydrogen-bond donors (Lipinski definition) is 2. The van der Waals surface area contributed by atoms with E-state index in [4.69, 9.17) is 17.0 Å². The number of rotatable bonds is 4. The Bertz CT molecular complexity index is 670. The maximum atomic E-state index is 5.35. The van der Waals surface area contributed by atoms with Crippen molar-refractivity contribution >= 4 is 23.1 Å². The van der Waals surface area contributed by atoms with Gasteiger partial charge in [-0.15, -0.1) is 0 Å². The molecular formula is C17H19N3OS. The zero-order chi connectivity index (χ0) is 15.9. The Morgan fingerprint density at radius 2 is 2.27 bits per heavy atom. The molecule has 0 aromatic carbocycles. The molecule has 2 rings (SSSR count). The minimum absolute atomic E-state index is 0.104. The number of thiocarbonyl (C=S) groups is 1. The van der Waals surface area contributed by atoms with Gasteiger partial charge < -0.3 is 15.4 Å². The van der Waals surface area contributed by atoms with E-state index >= 15 is 0 Å². The molecular weight excluding hydrogens is 294 g/mol. The smallest absolute Gasteiger partial charge is 0.176 e. The van der Waals surface area contributed by atoms with Crippen LogP contribution in [0.5, 0.6) is 0 Å². The van der Waals surface area contributed by atoms with Crippen molar-refractivity contribution in [1.82, 2.24) is 10.3 Å². The molecule has 1 aliphatic carbocycles. The summed E-state index contributed by atoms with van der Waals surface area (Å²) >= 11 is 5.35. The number of anilines is 1. The second-order valence-corrected chi connectivity index (χ2v) is 5.16. The summed E-state index contributed by atoms with van der Waals surface area (Å²) in [4.78, 5) is 4.19. The lowest BCUT2D eigenvalue weighted by Crippen LogP contribution is -2.31. The van der Waals surface area contributed by atoms with Crippen molar-refractivity contribution in [3.63, 3.8) is 0 Å². The van der Waals surface area contributed by atoms with Gasteiger partial charge in [0.05, 0.1) is 7.11 Å². The highest BCUT2D eigenvalue weighted by molar-refractivity contribution is 7.80. The second kappa shape index (κ2) is 7.59. The van der Waals surface area contributed by atoms with E-state index in [1.807, 2.05) is 44.2 Å². The van der Waals surface area contributed by atoms with E-state index in [2.05, 4.69) is 27.4 Å². The second-order valence-electron chi connectivity index (χ2n) is 4.75. The summed E-state index contributed by atoms with van der Waals surface area (Å²) in [5.41, 5.74) is 5.28. The highest BCUT2D eigenvalue weighted by Gasteiger charge is 2.17. The monoisotopic (exact) mass is 313 g/mol. The molecule has 0 saturated carbocycles. The van der Waals surface area contributed by atoms with Crippen LogP contribution in [0.25, 0.3) is 0 Å². The van der Waals surface area contributed by atoms with Crippen LogP contribution in [-0.4, -0.2) is 17.2 Å². The Morgan fingerprint density at radius 3 is 2.86 bits per heavy atom. The molecule has 1 heterocycles. The van der Waals surface area contributed by atoms with Crippen molar-refractivity contribution in [2.45, 2.75) is 13.8 Å². The average Bonchev–Trinajstić information content (AvgIpc) is 2.53. The Kier molecular flexibility index (Phi) is 5.53. The van der Waals surface area contributed by atoms with E-state index in [0.717, 1.165) is 17.0 Å². The van der Waals surface area contributed by atoms with Crippen LogP contribution in [0.1, 0.15) is 13.8 Å². The SMILES string of the molecule is C/C=C(\NC(=S)Nc1ccccn1)C1C=CC(OC)=C=C1C. The van der Waals surface area contributed by atoms with E-state index in [-0.39, 0.29) is 5.92 Å². The topological polar surface area (TPSA) is 46.2 Å². The van der Waals surface area contributed by atoms with Crippen molar-refractivity contribution in [3.05, 3.63) is 65.4 Å². The number of ether oxygens (including phenoxy) is 1. The minimum Gasteiger partial charge on any atom is -0.489 e. The lowest BCUT2D eigenvalue weighted by Gasteiger charge is -2.21. The van der Waals surface area contributed by atoms with Gasteiger partial charge in [0, 0.05) is 17.8 Å². The fourth-order valence-electron chi connectivity index (χ4n) is 2.14. The third-order valence-electron chi connectivity index (χ3n) is 3.26. The molecule has 1 unspecified atom stereocenters. The summed E-state index contributed by atoms with van der Waals surface area (Å²) in [6.07, 6.45) is 7.70. The Labute approximate surface area is 136 Å². The van der Waals surface area contributed by atoms with Crippen LogP contribution in [0.3, 0.4) is 0 Å². The third-order valence-corrected chi connectivity index (χ3v) is 3.46. The molecule has 2 N–H and O–H groups in total. The molecule has 0 saturated heterocycles. The normalized spacial score (nSPS) is 17.4. The maximum absolute atomic E-state index is 5.35. The first-order valence-corrected chi connectivity index (χ1v) is 7.39. The lowest BCUT2D eigenvalue weighted by molar-refractivity contribution is 0.306. The number of nitrogens with one attached hydrogen (secondary N) is 2. The minimum atomic E-state index is 0.104. The Balaban J connectivity index is 2.06. The molecule has 114 valence electrons. The van der Waals surface area contributed by atoms with Gasteiger partial charge in [0.1, 0.15) is 5.82 Å². The van der Waals surface area contributed by atoms with Gasteiger partial charge in [-0.2, -0.15) is 0 Å². The largest absolute Gasteiger partial charge is 0.489 e. The van der Waals surface area contributed by atoms with E-state index < -0.39 is 0 Å². The van der Waals surface area contributed by atoms with Gasteiger partial charge in [-0.3, -0.25) is 0 Å². The van der Waals surface area contributed by atoms with Crippen molar-refractivity contribution in [2.75, 3.05) is 12.4 Å². The number of hydrogen-bond acceptors (Lipinski definition) is 3. The highest BCUT2D eigenvalue weighted by Crippen LogP contribution is 2.24. The standard InChI is InChI=1S/C17H19N3OS/c1-4-15(14-9-8-13(21-3)11-12(14)2)19-17(22)20-16-7-5-6-10-18-16/h4-10,14H,1-3H3,(H2,18,19,20,22)/b15-4-. The first-order chi connectivity index (χ1) is 10.6. The maximum Gasteiger partial charge on any atom is 0.176 e. The van der Waals surface area contributed by atoms with Crippen LogP contribution >= 0.6 is 12.2 Å². The number of allylic oxidation sites excluding steroid dienone is 2. The van der Waals surface area contributed by atoms with Crippen LogP contribution in [0.2, 0.25) is 0 Å². The summed E-state index contributed by atoms with van der Waals surface area (Å²) in [6.45, 7) is 4.00.